The third kappa shape index (κ3) is 7.09. The Morgan fingerprint density at radius 2 is 0.841 bits per heavy atom. The van der Waals surface area contributed by atoms with Crippen molar-refractivity contribution in [3.05, 3.63) is 308 Å². The van der Waals surface area contributed by atoms with E-state index in [-0.39, 0.29) is 12.6 Å². The molecule has 0 aliphatic carbocycles. The molecule has 7 heteroatoms. The molecule has 0 amide bonds. The highest BCUT2D eigenvalue weighted by Crippen LogP contribution is 2.63. The second-order valence-corrected chi connectivity index (χ2v) is 21.6. The van der Waals surface area contributed by atoms with Gasteiger partial charge in [0.2, 0.25) is 0 Å². The molecule has 0 radical (unpaired) electrons. The van der Waals surface area contributed by atoms with Crippen molar-refractivity contribution in [1.82, 2.24) is 0 Å². The second-order valence-electron chi connectivity index (χ2n) is 21.6. The molecule has 82 heavy (non-hydrogen) atoms. The van der Waals surface area contributed by atoms with Crippen molar-refractivity contribution < 1.29 is 9.47 Å². The van der Waals surface area contributed by atoms with Crippen LogP contribution in [0.25, 0.3) is 21.5 Å². The van der Waals surface area contributed by atoms with Crippen molar-refractivity contribution in [1.29, 1.82) is 0 Å². The summed E-state index contributed by atoms with van der Waals surface area (Å²) in [6, 6.07) is 105. The van der Waals surface area contributed by atoms with Crippen LogP contribution in [0.5, 0.6) is 23.0 Å². The summed E-state index contributed by atoms with van der Waals surface area (Å²) in [5, 5.41) is 4.37. The van der Waals surface area contributed by atoms with Crippen LogP contribution < -0.4 is 45.5 Å². The molecule has 0 bridgehead atoms. The van der Waals surface area contributed by atoms with Crippen molar-refractivity contribution in [2.45, 2.75) is 5.92 Å². The molecule has 1 atom stereocenters. The van der Waals surface area contributed by atoms with E-state index in [9.17, 15) is 0 Å². The summed E-state index contributed by atoms with van der Waals surface area (Å²) < 4.78 is 14.6. The Morgan fingerprint density at radius 3 is 1.45 bits per heavy atom. The normalized spacial score (nSPS) is 13.9. The largest absolute Gasteiger partial charge is 0.458 e. The Morgan fingerprint density at radius 1 is 0.329 bits per heavy atom. The molecule has 13 aromatic rings. The smallest absolute Gasteiger partial charge is 0.260 e. The van der Waals surface area contributed by atoms with Gasteiger partial charge < -0.3 is 29.1 Å². The fourth-order valence-electron chi connectivity index (χ4n) is 13.6. The van der Waals surface area contributed by atoms with Crippen molar-refractivity contribution in [3.8, 4) is 23.0 Å². The highest BCUT2D eigenvalue weighted by atomic mass is 16.5. The minimum atomic E-state index is -0.170. The lowest BCUT2D eigenvalue weighted by Gasteiger charge is -2.46. The summed E-state index contributed by atoms with van der Waals surface area (Å²) in [7, 11) is 0. The van der Waals surface area contributed by atoms with Crippen LogP contribution in [-0.4, -0.2) is 6.71 Å². The molecular weight excluding hydrogens is 1000 g/mol. The van der Waals surface area contributed by atoms with Gasteiger partial charge in [0.1, 0.15) is 23.0 Å². The van der Waals surface area contributed by atoms with Crippen molar-refractivity contribution >= 4 is 113 Å². The molecule has 6 nitrogen and oxygen atoms in total. The van der Waals surface area contributed by atoms with Gasteiger partial charge in [0.15, 0.2) is 0 Å². The van der Waals surface area contributed by atoms with E-state index in [2.05, 4.69) is 311 Å². The van der Waals surface area contributed by atoms with Gasteiger partial charge in [0.25, 0.3) is 6.71 Å². The fraction of sp³-hybridized carbons (Fsp3) is 0.0133. The average molecular weight is 1050 g/mol. The minimum absolute atomic E-state index is 0.140. The highest BCUT2D eigenvalue weighted by Gasteiger charge is 2.46. The van der Waals surface area contributed by atoms with Crippen LogP contribution in [0.1, 0.15) is 22.6 Å². The van der Waals surface area contributed by atoms with Gasteiger partial charge in [-0.05, 0) is 160 Å². The van der Waals surface area contributed by atoms with Crippen molar-refractivity contribution in [3.63, 3.8) is 0 Å². The quantitative estimate of drug-likeness (QED) is 0.141. The van der Waals surface area contributed by atoms with Crippen molar-refractivity contribution in [2.75, 3.05) is 19.6 Å². The van der Waals surface area contributed by atoms with Crippen molar-refractivity contribution in [2.24, 2.45) is 0 Å². The van der Waals surface area contributed by atoms with Gasteiger partial charge >= 0.3 is 0 Å². The number of nitrogens with zero attached hydrogens (tertiary/aromatic N) is 4. The predicted molar refractivity (Wildman–Crippen MR) is 339 cm³/mol. The molecule has 4 heterocycles. The number of fused-ring (bicyclic) bond motifs is 12. The number of hydrogen-bond acceptors (Lipinski definition) is 6. The molecule has 1 unspecified atom stereocenters. The molecule has 4 aliphatic rings. The number of ether oxygens (including phenoxy) is 2. The van der Waals surface area contributed by atoms with Gasteiger partial charge in [-0.25, -0.2) is 0 Å². The standard InChI is InChI=1S/C75H49BN4O2/c1-7-23-51(24-8-1)77(52-25-9-2-10-26-52)57-39-41-59-49(43-57)45-67-72-71(61-35-19-21-37-65(61)80(74(59)72)56-33-17-6-18-34-56)62-47-64-69(48-66(62)79(67)55-31-15-5-16-32-55)81-70-46-50-44-58(78(53-27-11-3-12-28-53)54-29-13-4-14-30-54)40-42-60(50)75-73(70)76(64)63-36-20-22-38-68(63)82-75/h1-48,71H. The lowest BCUT2D eigenvalue weighted by molar-refractivity contribution is 0.468. The summed E-state index contributed by atoms with van der Waals surface area (Å²) in [4.78, 5) is 9.68. The Bertz CT molecular complexity index is 4580. The number of para-hydroxylation sites is 8. The maximum Gasteiger partial charge on any atom is 0.260 e. The highest BCUT2D eigenvalue weighted by molar-refractivity contribution is 6.98. The van der Waals surface area contributed by atoms with E-state index >= 15 is 0 Å². The van der Waals surface area contributed by atoms with Gasteiger partial charge in [-0.15, -0.1) is 0 Å². The van der Waals surface area contributed by atoms with E-state index in [0.717, 1.165) is 118 Å². The topological polar surface area (TPSA) is 31.4 Å². The predicted octanol–water partition coefficient (Wildman–Crippen LogP) is 18.4. The Labute approximate surface area is 476 Å². The monoisotopic (exact) mass is 1050 g/mol. The number of rotatable bonds is 8. The molecule has 0 saturated heterocycles. The molecule has 4 aliphatic heterocycles. The lowest BCUT2D eigenvalue weighted by Crippen LogP contribution is -2.57. The van der Waals surface area contributed by atoms with Crippen LogP contribution in [0.4, 0.5) is 68.2 Å². The molecule has 17 rings (SSSR count). The first kappa shape index (κ1) is 46.2. The van der Waals surface area contributed by atoms with Crippen LogP contribution in [-0.2, 0) is 0 Å². The van der Waals surface area contributed by atoms with Gasteiger partial charge in [-0.3, -0.25) is 0 Å². The minimum Gasteiger partial charge on any atom is -0.458 e. The lowest BCUT2D eigenvalue weighted by atomic mass is 9.34. The van der Waals surface area contributed by atoms with Crippen LogP contribution in [0.3, 0.4) is 0 Å². The summed E-state index contributed by atoms with van der Waals surface area (Å²) in [5.41, 5.74) is 20.2. The van der Waals surface area contributed by atoms with Crippen LogP contribution >= 0.6 is 0 Å². The molecule has 0 N–H and O–H groups in total. The van der Waals surface area contributed by atoms with E-state index in [0.29, 0.717) is 0 Å². The maximum atomic E-state index is 7.47. The first-order valence-electron chi connectivity index (χ1n) is 28.1. The molecule has 0 spiro atoms. The summed E-state index contributed by atoms with van der Waals surface area (Å²) >= 11 is 0. The Balaban J connectivity index is 0.915. The third-order valence-corrected chi connectivity index (χ3v) is 17.0. The maximum absolute atomic E-state index is 7.47. The number of benzene rings is 13. The average Bonchev–Trinajstić information content (AvgIpc) is 1.38. The molecule has 0 saturated carbocycles. The number of anilines is 12. The fourth-order valence-corrected chi connectivity index (χ4v) is 13.6. The van der Waals surface area contributed by atoms with E-state index in [4.69, 9.17) is 9.47 Å². The number of hydrogen-bond donors (Lipinski definition) is 0. The van der Waals surface area contributed by atoms with Crippen LogP contribution in [0.2, 0.25) is 0 Å². The molecular formula is C75H49BN4O2. The van der Waals surface area contributed by atoms with Gasteiger partial charge in [0.05, 0.1) is 22.7 Å². The summed E-state index contributed by atoms with van der Waals surface area (Å²) in [6.45, 7) is -0.170. The zero-order chi connectivity index (χ0) is 53.8. The SMILES string of the molecule is c1ccc(N(c2ccccc2)c2ccc3c4c5c(cc3c2)Oc2cc3c(cc2B5c2ccccc2O4)C2c4ccccc4N(c4ccccc4)c4c2c(cc2cc(N(c5ccccc5)c5ccccc5)ccc42)N3c2ccccc2)cc1. The van der Waals surface area contributed by atoms with E-state index in [1.807, 2.05) is 0 Å². The summed E-state index contributed by atoms with van der Waals surface area (Å²) in [5.74, 6) is 3.17. The Kier molecular flexibility index (Phi) is 10.4. The molecule has 0 aromatic heterocycles. The zero-order valence-electron chi connectivity index (χ0n) is 44.5. The zero-order valence-corrected chi connectivity index (χ0v) is 44.5. The van der Waals surface area contributed by atoms with Crippen LogP contribution in [0.15, 0.2) is 291 Å². The van der Waals surface area contributed by atoms with Gasteiger partial charge in [-0.2, -0.15) is 0 Å². The molecule has 384 valence electrons. The first-order valence-corrected chi connectivity index (χ1v) is 28.1. The second kappa shape index (κ2) is 18.4. The van der Waals surface area contributed by atoms with E-state index < -0.39 is 0 Å². The third-order valence-electron chi connectivity index (χ3n) is 17.0. The molecule has 0 fully saturated rings. The van der Waals surface area contributed by atoms with E-state index in [1.54, 1.807) is 0 Å². The van der Waals surface area contributed by atoms with E-state index in [1.165, 1.54) is 27.8 Å². The Hall–Kier alpha value is -10.8. The van der Waals surface area contributed by atoms with Gasteiger partial charge in [-0.1, -0.05) is 158 Å². The van der Waals surface area contributed by atoms with Gasteiger partial charge in [0, 0.05) is 79.3 Å². The van der Waals surface area contributed by atoms with Crippen LogP contribution in [0, 0.1) is 0 Å². The molecule has 13 aromatic carbocycles. The summed E-state index contributed by atoms with van der Waals surface area (Å²) in [6.07, 6.45) is 0. The first-order chi connectivity index (χ1) is 40.7.